The van der Waals surface area contributed by atoms with Crippen molar-refractivity contribution in [3.8, 4) is 67.4 Å². The van der Waals surface area contributed by atoms with Crippen LogP contribution in [0.2, 0.25) is 36.3 Å². The van der Waals surface area contributed by atoms with Crippen molar-refractivity contribution in [2.45, 2.75) is 98.6 Å². The number of hydrogen-bond acceptors (Lipinski definition) is 2. The third-order valence-corrected chi connectivity index (χ3v) is 21.9. The summed E-state index contributed by atoms with van der Waals surface area (Å²) in [6, 6.07) is 39.6. The van der Waals surface area contributed by atoms with E-state index in [-0.39, 0.29) is 0 Å². The normalized spacial score (nSPS) is 12.4. The quantitative estimate of drug-likeness (QED) is 0.0949. The average molecular weight is 1060 g/mol. The fraction of sp³-hybridized carbons (Fsp3) is 0.238. The van der Waals surface area contributed by atoms with Gasteiger partial charge in [-0.1, -0.05) is 127 Å². The second-order valence-corrected chi connectivity index (χ2v) is 32.7. The summed E-state index contributed by atoms with van der Waals surface area (Å²) in [7, 11) is -3.48. The van der Waals surface area contributed by atoms with Gasteiger partial charge in [0.25, 0.3) is 0 Å². The second kappa shape index (κ2) is 19.5. The summed E-state index contributed by atoms with van der Waals surface area (Å²) in [6.07, 6.45) is 8.71. The largest absolute Gasteiger partial charge is 0.354 e. The number of aryl methyl sites for hydroxylation is 3. The predicted octanol–water partition coefficient (Wildman–Crippen LogP) is 17.7. The van der Waals surface area contributed by atoms with E-state index in [0.29, 0.717) is 16.6 Å². The van der Waals surface area contributed by atoms with Gasteiger partial charge in [0.2, 0.25) is 0 Å². The molecule has 4 nitrogen and oxygen atoms in total. The second-order valence-electron chi connectivity index (χ2n) is 21.1. The molecule has 5 heterocycles. The van der Waals surface area contributed by atoms with Crippen LogP contribution in [0.4, 0.5) is 0 Å². The first-order valence-electron chi connectivity index (χ1n) is 24.7. The molecule has 2 N–H and O–H groups in total. The Morgan fingerprint density at radius 1 is 0.443 bits per heavy atom. The summed E-state index contributed by atoms with van der Waals surface area (Å²) in [4.78, 5) is 19.1. The Kier molecular flexibility index (Phi) is 13.6. The van der Waals surface area contributed by atoms with Gasteiger partial charge >= 0.3 is 0 Å². The Hall–Kier alpha value is -6.24. The van der Waals surface area contributed by atoms with Gasteiger partial charge in [0.1, 0.15) is 16.1 Å². The fourth-order valence-corrected chi connectivity index (χ4v) is 17.0. The first-order chi connectivity index (χ1) is 33.4. The van der Waals surface area contributed by atoms with Crippen LogP contribution in [0.1, 0.15) is 92.1 Å². The molecule has 7 heteroatoms. The van der Waals surface area contributed by atoms with Crippen LogP contribution in [-0.2, 0) is 0 Å². The lowest BCUT2D eigenvalue weighted by Gasteiger charge is -2.38. The molecule has 0 saturated carbocycles. The Bertz CT molecular complexity index is 3490. The fourth-order valence-electron chi connectivity index (χ4n) is 10.9. The molecule has 2 aliphatic heterocycles. The van der Waals surface area contributed by atoms with E-state index < -0.39 is 16.1 Å². The summed E-state index contributed by atoms with van der Waals surface area (Å²) in [5.74, 6) is 7.15. The molecule has 0 atom stereocenters. The van der Waals surface area contributed by atoms with Gasteiger partial charge in [-0.05, 0) is 178 Å². The molecule has 0 unspecified atom stereocenters. The number of aromatic amines is 2. The van der Waals surface area contributed by atoms with Gasteiger partial charge in [0.15, 0.2) is 0 Å². The van der Waals surface area contributed by atoms with E-state index in [1.54, 1.807) is 0 Å². The highest BCUT2D eigenvalue weighted by Gasteiger charge is 2.41. The van der Waals surface area contributed by atoms with Gasteiger partial charge < -0.3 is 9.97 Å². The standard InChI is InChI=1S/C63H63IN4Si2/c1-39(2)70(40(3)4,41(5)6)36-34-46-15-19-48(20-16-46)60-51-25-26-53(65-51)61(47-17-13-45(14-18-47)33-35-69(10,11)12)55-29-31-57(67-55)63(59-43(8)37-42(7)38-44(59)9)58-32-30-56(68-58)62(54-28-27-52(60)66-54)49-21-23-50(64)24-22-49/h13-32,37-41,65,68H,1-12H3. The zero-order valence-corrected chi connectivity index (χ0v) is 46.9. The third-order valence-electron chi connectivity index (χ3n) is 14.0. The van der Waals surface area contributed by atoms with E-state index in [9.17, 15) is 0 Å². The van der Waals surface area contributed by atoms with Crippen LogP contribution in [0.15, 0.2) is 109 Å². The molecule has 0 fully saturated rings. The Morgan fingerprint density at radius 3 is 1.16 bits per heavy atom. The summed E-state index contributed by atoms with van der Waals surface area (Å²) >= 11 is 2.38. The van der Waals surface area contributed by atoms with Crippen LogP contribution in [0, 0.1) is 47.3 Å². The van der Waals surface area contributed by atoms with Gasteiger partial charge in [0, 0.05) is 59.0 Å². The number of H-pyrrole nitrogens is 2. The van der Waals surface area contributed by atoms with E-state index in [2.05, 4.69) is 271 Å². The van der Waals surface area contributed by atoms with Gasteiger partial charge in [-0.3, -0.25) is 0 Å². The van der Waals surface area contributed by atoms with Gasteiger partial charge in [-0.25, -0.2) is 9.97 Å². The minimum absolute atomic E-state index is 0.562. The highest BCUT2D eigenvalue weighted by molar-refractivity contribution is 14.1. The van der Waals surface area contributed by atoms with E-state index in [0.717, 1.165) is 94.9 Å². The number of fused-ring (bicyclic) bond motifs is 8. The monoisotopic (exact) mass is 1060 g/mol. The zero-order valence-electron chi connectivity index (χ0n) is 42.7. The lowest BCUT2D eigenvalue weighted by Crippen LogP contribution is -2.43. The average Bonchev–Trinajstić information content (AvgIpc) is 4.16. The van der Waals surface area contributed by atoms with Crippen molar-refractivity contribution in [1.29, 1.82) is 0 Å². The van der Waals surface area contributed by atoms with Crippen molar-refractivity contribution in [3.63, 3.8) is 0 Å². The zero-order chi connectivity index (χ0) is 49.6. The molecular formula is C63H63IN4Si2. The molecule has 70 heavy (non-hydrogen) atoms. The molecule has 0 aliphatic carbocycles. The van der Waals surface area contributed by atoms with Gasteiger partial charge in [0.05, 0.1) is 22.8 Å². The molecule has 0 saturated heterocycles. The number of halogens is 1. The van der Waals surface area contributed by atoms with Crippen LogP contribution in [0.25, 0.3) is 90.9 Å². The molecule has 4 aromatic carbocycles. The molecule has 3 aromatic heterocycles. The van der Waals surface area contributed by atoms with E-state index >= 15 is 0 Å². The molecule has 9 rings (SSSR count). The number of nitrogens with zero attached hydrogens (tertiary/aromatic N) is 2. The van der Waals surface area contributed by atoms with Crippen molar-refractivity contribution >= 4 is 85.1 Å². The first-order valence-corrected chi connectivity index (χ1v) is 31.5. The van der Waals surface area contributed by atoms with Crippen LogP contribution in [0.5, 0.6) is 0 Å². The van der Waals surface area contributed by atoms with Crippen LogP contribution >= 0.6 is 22.6 Å². The Labute approximate surface area is 431 Å². The SMILES string of the molecule is Cc1cc(C)c(-c2c3nc(c(-c4ccc(C#C[Si](C)(C)C)cc4)c4ccc([nH]4)c(-c4ccc(C#C[Si](C(C)C)(C(C)C)C(C)C)cc4)c4nc(c(-c5ccc(I)cc5)c5ccc2[nH]5)C=C4)C=C3)c(C)c1. The number of hydrogen-bond donors (Lipinski definition) is 2. The third kappa shape index (κ3) is 9.65. The molecule has 350 valence electrons. The predicted molar refractivity (Wildman–Crippen MR) is 316 cm³/mol. The maximum Gasteiger partial charge on any atom is 0.146 e. The van der Waals surface area contributed by atoms with Crippen molar-refractivity contribution in [2.24, 2.45) is 0 Å². The van der Waals surface area contributed by atoms with Crippen LogP contribution < -0.4 is 0 Å². The number of benzene rings is 4. The lowest BCUT2D eigenvalue weighted by atomic mass is 9.92. The van der Waals surface area contributed by atoms with Crippen molar-refractivity contribution in [3.05, 3.63) is 163 Å². The van der Waals surface area contributed by atoms with Crippen molar-refractivity contribution in [2.75, 3.05) is 0 Å². The Balaban J connectivity index is 1.37. The van der Waals surface area contributed by atoms with Crippen LogP contribution in [0.3, 0.4) is 0 Å². The minimum Gasteiger partial charge on any atom is -0.354 e. The van der Waals surface area contributed by atoms with Crippen molar-refractivity contribution in [1.82, 2.24) is 19.9 Å². The molecule has 7 aromatic rings. The first kappa shape index (κ1) is 48.8. The summed E-state index contributed by atoms with van der Waals surface area (Å²) in [5, 5.41) is 0. The number of aromatic nitrogens is 4. The van der Waals surface area contributed by atoms with E-state index in [1.165, 1.54) is 25.8 Å². The molecule has 2 aliphatic rings. The molecule has 0 amide bonds. The molecule has 8 bridgehead atoms. The van der Waals surface area contributed by atoms with Crippen molar-refractivity contribution < 1.29 is 0 Å². The lowest BCUT2D eigenvalue weighted by molar-refractivity contribution is 0.838. The summed E-state index contributed by atoms with van der Waals surface area (Å²) in [6.45, 7) is 27.7. The number of nitrogens with one attached hydrogen (secondary N) is 2. The highest BCUT2D eigenvalue weighted by Crippen LogP contribution is 2.42. The minimum atomic E-state index is -1.92. The van der Waals surface area contributed by atoms with E-state index in [1.807, 2.05) is 0 Å². The topological polar surface area (TPSA) is 57.4 Å². The van der Waals surface area contributed by atoms with E-state index in [4.69, 9.17) is 9.97 Å². The van der Waals surface area contributed by atoms with Gasteiger partial charge in [-0.15, -0.1) is 11.1 Å². The Morgan fingerprint density at radius 2 is 0.786 bits per heavy atom. The van der Waals surface area contributed by atoms with Gasteiger partial charge in [-0.2, -0.15) is 0 Å². The highest BCUT2D eigenvalue weighted by atomic mass is 127. The molecule has 0 radical (unpaired) electrons. The maximum absolute atomic E-state index is 5.60. The maximum atomic E-state index is 5.60. The summed E-state index contributed by atoms with van der Waals surface area (Å²) in [5.41, 5.74) is 30.9. The summed E-state index contributed by atoms with van der Waals surface area (Å²) < 4.78 is 1.18. The number of rotatable bonds is 7. The molecule has 0 spiro atoms. The van der Waals surface area contributed by atoms with Crippen LogP contribution in [-0.4, -0.2) is 36.1 Å². The smallest absolute Gasteiger partial charge is 0.146 e. The molecular weight excluding hydrogens is 996 g/mol.